The van der Waals surface area contributed by atoms with Crippen molar-refractivity contribution in [2.45, 2.75) is 105 Å². The molecule has 20 nitrogen and oxygen atoms in total. The fourth-order valence-corrected chi connectivity index (χ4v) is 10.4. The van der Waals surface area contributed by atoms with Gasteiger partial charge in [-0.2, -0.15) is 0 Å². The summed E-state index contributed by atoms with van der Waals surface area (Å²) in [5, 5.41) is 0. The third-order valence-electron chi connectivity index (χ3n) is 14.9. The van der Waals surface area contributed by atoms with Crippen LogP contribution in [0.25, 0.3) is 0 Å². The minimum atomic E-state index is -1.18. The normalized spacial score (nSPS) is 14.6. The summed E-state index contributed by atoms with van der Waals surface area (Å²) >= 11 is 0. The smallest absolute Gasteiger partial charge is 0.429 e. The van der Waals surface area contributed by atoms with Crippen molar-refractivity contribution in [3.05, 3.63) is 237 Å². The molecular weight excluding hydrogens is 1180 g/mol. The van der Waals surface area contributed by atoms with Crippen LogP contribution in [0.15, 0.2) is 170 Å². The van der Waals surface area contributed by atoms with Crippen molar-refractivity contribution in [1.82, 2.24) is 0 Å². The molecule has 8 aromatic rings. The molecule has 0 saturated heterocycles. The third-order valence-corrected chi connectivity index (χ3v) is 14.9. The molecule has 4 atom stereocenters. The van der Waals surface area contributed by atoms with Gasteiger partial charge in [0.05, 0.1) is 0 Å². The van der Waals surface area contributed by atoms with Crippen LogP contribution < -0.4 is 37.9 Å². The summed E-state index contributed by atoms with van der Waals surface area (Å²) in [6.45, 7) is 10.6. The summed E-state index contributed by atoms with van der Waals surface area (Å²) in [7, 11) is 0. The Morgan fingerprint density at radius 2 is 0.413 bits per heavy atom. The average Bonchev–Trinajstić information content (AvgIpc) is 0.759. The second kappa shape index (κ2) is 29.8. The minimum Gasteiger partial charge on any atom is -0.429 e. The number of esters is 4. The molecule has 0 aromatic heterocycles. The van der Waals surface area contributed by atoms with Crippen molar-refractivity contribution in [1.29, 1.82) is 0 Å². The Balaban J connectivity index is 1.33. The van der Waals surface area contributed by atoms with E-state index in [4.69, 9.17) is 56.8 Å². The van der Waals surface area contributed by atoms with Gasteiger partial charge in [-0.05, 0) is 46.5 Å². The van der Waals surface area contributed by atoms with Gasteiger partial charge in [-0.25, -0.2) is 19.2 Å². The topological polar surface area (TPSA) is 247 Å². The summed E-state index contributed by atoms with van der Waals surface area (Å²) in [6.07, 6.45) is -4.72. The highest BCUT2D eigenvalue weighted by Gasteiger charge is 2.35. The Hall–Kier alpha value is -11.3. The van der Waals surface area contributed by atoms with E-state index in [2.05, 4.69) is 0 Å². The predicted octanol–water partition coefficient (Wildman–Crippen LogP) is 15.2. The first kappa shape index (κ1) is 65.2. The Morgan fingerprint density at radius 1 is 0.250 bits per heavy atom. The van der Waals surface area contributed by atoms with Crippen molar-refractivity contribution in [2.24, 2.45) is 0 Å². The fraction of sp³-hybridized carbons (Fsp3) is 0.222. The lowest BCUT2D eigenvalue weighted by atomic mass is 9.80. The maximum Gasteiger partial charge on any atom is 0.514 e. The second-order valence-electron chi connectivity index (χ2n) is 21.5. The Labute approximate surface area is 529 Å². The second-order valence-corrected chi connectivity index (χ2v) is 21.5. The van der Waals surface area contributed by atoms with Gasteiger partial charge in [-0.3, -0.25) is 19.2 Å². The number of fused-ring (bicyclic) bond motifs is 8. The largest absolute Gasteiger partial charge is 0.514 e. The fourth-order valence-electron chi connectivity index (χ4n) is 10.4. The monoisotopic (exact) mass is 1250 g/mol. The summed E-state index contributed by atoms with van der Waals surface area (Å²) in [6, 6.07) is 46.8. The highest BCUT2D eigenvalue weighted by molar-refractivity contribution is 5.77. The molecule has 20 heteroatoms. The van der Waals surface area contributed by atoms with Crippen molar-refractivity contribution < 1.29 is 95.2 Å². The van der Waals surface area contributed by atoms with E-state index in [0.29, 0.717) is 22.3 Å². The van der Waals surface area contributed by atoms with Gasteiger partial charge in [0.1, 0.15) is 72.4 Å². The summed E-state index contributed by atoms with van der Waals surface area (Å²) in [4.78, 5) is 109. The molecule has 0 heterocycles. The number of carbonyl (C=O) groups is 8. The molecule has 0 N–H and O–H groups in total. The number of carbonyl (C=O) groups excluding carboxylic acids is 8. The maximum atomic E-state index is 14.1. The highest BCUT2D eigenvalue weighted by Crippen LogP contribution is 2.51. The molecule has 8 aromatic carbocycles. The Kier molecular flexibility index (Phi) is 21.1. The molecule has 0 amide bonds. The molecule has 0 aliphatic heterocycles. The van der Waals surface area contributed by atoms with Crippen LogP contribution in [0.1, 0.15) is 146 Å². The summed E-state index contributed by atoms with van der Waals surface area (Å²) in [5.74, 6) is -8.66. The molecule has 1 aliphatic rings. The van der Waals surface area contributed by atoms with Crippen LogP contribution in [-0.4, -0.2) is 48.5 Å². The van der Waals surface area contributed by atoms with Gasteiger partial charge in [0.2, 0.25) is 0 Å². The number of ether oxygens (including phenoxy) is 12. The van der Waals surface area contributed by atoms with E-state index in [0.717, 1.165) is 0 Å². The third kappa shape index (κ3) is 16.7. The van der Waals surface area contributed by atoms with Gasteiger partial charge >= 0.3 is 48.5 Å². The lowest BCUT2D eigenvalue weighted by Crippen LogP contribution is -2.18. The van der Waals surface area contributed by atoms with Crippen LogP contribution in [0, 0.1) is 0 Å². The van der Waals surface area contributed by atoms with Crippen LogP contribution in [0.4, 0.5) is 19.2 Å². The standard InChI is InChI=1S/C72H64O20/c1-41-53-29-54(62(86-46(6)74)33-61(53)85-45(5)73)42(2)59-32-60(68(92-72(80)84-40-52-27-19-12-20-28-52)36-67(59)91-71(79)83-39-51-25-17-11-18-26-51)44(4)56-30-55(63(87-47(7)75)34-64(56)88-48(8)76)43(3)58-31-57(41)65(89-69(77)81-37-49-21-13-9-14-22-49)35-66(58)90-70(78)82-38-50-23-15-10-16-24-50/h9-36,41-44H,37-40H2,1-8H3. The van der Waals surface area contributed by atoms with Gasteiger partial charge in [0, 0.05) is 120 Å². The number of rotatable bonds is 16. The number of benzene rings is 8. The molecular formula is C72H64O20. The number of hydrogen-bond acceptors (Lipinski definition) is 20. The molecule has 0 saturated carbocycles. The van der Waals surface area contributed by atoms with Crippen LogP contribution in [0.3, 0.4) is 0 Å². The van der Waals surface area contributed by atoms with Crippen LogP contribution in [0.5, 0.6) is 46.0 Å². The molecule has 4 unspecified atom stereocenters. The van der Waals surface area contributed by atoms with E-state index in [9.17, 15) is 38.4 Å². The minimum absolute atomic E-state index is 0.119. The molecule has 472 valence electrons. The molecule has 0 spiro atoms. The van der Waals surface area contributed by atoms with Gasteiger partial charge in [-0.15, -0.1) is 0 Å². The lowest BCUT2D eigenvalue weighted by molar-refractivity contribution is -0.133. The van der Waals surface area contributed by atoms with E-state index < -0.39 is 72.2 Å². The van der Waals surface area contributed by atoms with Gasteiger partial charge < -0.3 is 56.8 Å². The van der Waals surface area contributed by atoms with E-state index in [-0.39, 0.29) is 117 Å². The SMILES string of the molecule is CC(=O)Oc1cc(OC(C)=O)c2cc1C(C)c1cc(c(OC(=O)OCc3ccccc3)cc1OC(=O)OCc1ccccc1)C(C)c1cc(c(OC(C)=O)cc1OC(C)=O)C(C)c1cc(c(OC(=O)OCc3ccccc3)cc1OC(=O)OCc1ccccc1)C2C. The molecule has 92 heavy (non-hydrogen) atoms. The molecule has 9 rings (SSSR count). The average molecular weight is 1250 g/mol. The van der Waals surface area contributed by atoms with Crippen LogP contribution in [-0.2, 0) is 64.6 Å². The maximum absolute atomic E-state index is 14.1. The van der Waals surface area contributed by atoms with Crippen molar-refractivity contribution in [2.75, 3.05) is 0 Å². The predicted molar refractivity (Wildman–Crippen MR) is 330 cm³/mol. The Morgan fingerprint density at radius 3 is 0.576 bits per heavy atom. The first-order chi connectivity index (χ1) is 44.2. The van der Waals surface area contributed by atoms with Crippen LogP contribution in [0.2, 0.25) is 0 Å². The zero-order valence-corrected chi connectivity index (χ0v) is 51.5. The first-order valence-corrected chi connectivity index (χ1v) is 29.2. The number of hydrogen-bond donors (Lipinski definition) is 0. The van der Waals surface area contributed by atoms with Crippen molar-refractivity contribution in [3.8, 4) is 46.0 Å². The van der Waals surface area contributed by atoms with Gasteiger partial charge in [-0.1, -0.05) is 149 Å². The van der Waals surface area contributed by atoms with Crippen LogP contribution >= 0.6 is 0 Å². The lowest BCUT2D eigenvalue weighted by Gasteiger charge is -2.28. The first-order valence-electron chi connectivity index (χ1n) is 29.2. The quantitative estimate of drug-likeness (QED) is 0.0377. The molecule has 8 bridgehead atoms. The zero-order chi connectivity index (χ0) is 65.6. The van der Waals surface area contributed by atoms with Crippen molar-refractivity contribution in [3.63, 3.8) is 0 Å². The zero-order valence-electron chi connectivity index (χ0n) is 51.5. The van der Waals surface area contributed by atoms with Gasteiger partial charge in [0.15, 0.2) is 0 Å². The Bertz CT molecular complexity index is 3550. The summed E-state index contributed by atoms with van der Waals surface area (Å²) in [5.41, 5.74) is 4.12. The molecule has 0 fully saturated rings. The highest BCUT2D eigenvalue weighted by atomic mass is 16.7. The molecule has 1 aliphatic carbocycles. The van der Waals surface area contributed by atoms with Crippen molar-refractivity contribution >= 4 is 48.5 Å². The van der Waals surface area contributed by atoms with E-state index in [1.54, 1.807) is 173 Å². The molecule has 0 radical (unpaired) electrons. The van der Waals surface area contributed by atoms with E-state index >= 15 is 0 Å². The van der Waals surface area contributed by atoms with Gasteiger partial charge in [0.25, 0.3) is 0 Å². The van der Waals surface area contributed by atoms with E-state index in [1.807, 2.05) is 0 Å². The summed E-state index contributed by atoms with van der Waals surface area (Å²) < 4.78 is 70.7. The van der Waals surface area contributed by atoms with E-state index in [1.165, 1.54) is 52.0 Å².